The van der Waals surface area contributed by atoms with Gasteiger partial charge >= 0.3 is 17.9 Å². The summed E-state index contributed by atoms with van der Waals surface area (Å²) in [7, 11) is 1.33. The van der Waals surface area contributed by atoms with Crippen LogP contribution in [0.15, 0.2) is 126 Å². The molecule has 0 radical (unpaired) electrons. The number of phenolic OH excluding ortho intramolecular Hbond substituents is 2. The van der Waals surface area contributed by atoms with Gasteiger partial charge in [-0.1, -0.05) is 37.1 Å². The maximum atomic E-state index is 11.8. The number of aromatic hydroxyl groups is 2. The molecule has 0 spiro atoms. The molecule has 6 aromatic rings. The molecule has 0 aliphatic rings. The molecule has 17 heteroatoms. The fraction of sp³-hybridized carbons (Fsp3) is 0.275. The Balaban J connectivity index is 0.000000223. The molecule has 3 atom stereocenters. The zero-order valence-corrected chi connectivity index (χ0v) is 42.8. The van der Waals surface area contributed by atoms with Crippen molar-refractivity contribution >= 4 is 68.0 Å². The van der Waals surface area contributed by atoms with Crippen LogP contribution in [0.2, 0.25) is 5.02 Å². The molecule has 0 aliphatic carbocycles. The Morgan fingerprint density at radius 1 is 0.662 bits per heavy atom. The highest BCUT2D eigenvalue weighted by Gasteiger charge is 2.20. The normalized spacial score (nSPS) is 11.7. The van der Waals surface area contributed by atoms with E-state index in [-0.39, 0.29) is 29.6 Å². The van der Waals surface area contributed by atoms with E-state index in [4.69, 9.17) is 40.0 Å². The molecule has 2 heterocycles. The van der Waals surface area contributed by atoms with Gasteiger partial charge in [0.15, 0.2) is 41.3 Å². The average Bonchev–Trinajstić information content (AvgIpc) is 3.33. The van der Waals surface area contributed by atoms with E-state index in [0.29, 0.717) is 24.0 Å². The molecular weight excluding hydrogens is 1070 g/mol. The molecule has 4 aromatic carbocycles. The number of benzene rings is 4. The van der Waals surface area contributed by atoms with E-state index in [2.05, 4.69) is 53.2 Å². The number of methoxy groups -OCH3 is 1. The van der Waals surface area contributed by atoms with Gasteiger partial charge in [-0.2, -0.15) is 0 Å². The summed E-state index contributed by atoms with van der Waals surface area (Å²) in [5.74, 6) is 0.407. The SMILES string of the molecule is CCCCOC(=O)C(C)Oc1ccc(-c2ccc(I)cn2)cc1O.CCOC(=O)C(C)Oc1ccc(-c2ccc(Br)cn2)cc1O.COC(=O)C(C)Oc1ccc(COc2ccc(Cl)cc2)cc1. The zero-order chi connectivity index (χ0) is 49.6. The minimum absolute atomic E-state index is 0.0407. The first kappa shape index (κ1) is 54.5. The lowest BCUT2D eigenvalue weighted by atomic mass is 10.1. The minimum Gasteiger partial charge on any atom is -0.504 e. The third-order valence-electron chi connectivity index (χ3n) is 9.25. The summed E-state index contributed by atoms with van der Waals surface area (Å²) in [6.07, 6.45) is 3.00. The Morgan fingerprint density at radius 2 is 1.19 bits per heavy atom. The Hall–Kier alpha value is -6.11. The number of halogens is 3. The smallest absolute Gasteiger partial charge is 0.347 e. The zero-order valence-electron chi connectivity index (χ0n) is 38.3. The number of carbonyl (C=O) groups is 3. The number of pyridine rings is 2. The fourth-order valence-electron chi connectivity index (χ4n) is 5.60. The molecule has 68 heavy (non-hydrogen) atoms. The average molecular weight is 1130 g/mol. The van der Waals surface area contributed by atoms with Crippen LogP contribution in [0.25, 0.3) is 22.5 Å². The lowest BCUT2D eigenvalue weighted by molar-refractivity contribution is -0.151. The summed E-state index contributed by atoms with van der Waals surface area (Å²) < 4.78 is 38.5. The van der Waals surface area contributed by atoms with Crippen molar-refractivity contribution in [2.24, 2.45) is 0 Å². The number of unbranched alkanes of at least 4 members (excludes halogenated alkanes) is 1. The molecule has 0 fully saturated rings. The van der Waals surface area contributed by atoms with Crippen molar-refractivity contribution in [3.05, 3.63) is 140 Å². The van der Waals surface area contributed by atoms with Crippen LogP contribution >= 0.6 is 50.1 Å². The summed E-state index contributed by atoms with van der Waals surface area (Å²) >= 11 is 11.3. The Morgan fingerprint density at radius 3 is 1.68 bits per heavy atom. The largest absolute Gasteiger partial charge is 0.504 e. The number of nitrogens with zero attached hydrogens (tertiary/aromatic N) is 2. The quantitative estimate of drug-likeness (QED) is 0.0359. The second-order valence-electron chi connectivity index (χ2n) is 14.6. The van der Waals surface area contributed by atoms with Crippen molar-refractivity contribution in [1.82, 2.24) is 9.97 Å². The van der Waals surface area contributed by atoms with Crippen molar-refractivity contribution in [2.45, 2.75) is 72.4 Å². The lowest BCUT2D eigenvalue weighted by Crippen LogP contribution is -2.26. The number of ether oxygens (including phenoxy) is 7. The first-order valence-corrected chi connectivity index (χ1v) is 23.6. The van der Waals surface area contributed by atoms with E-state index in [1.165, 1.54) is 7.11 Å². The molecular formula is C51H53BrClIN2O12. The standard InChI is InChI=1S/C18H20INO4.C17H17ClO4.C16H16BrNO4/c1-3-4-9-23-18(22)12(2)24-17-8-5-13(10-16(17)21)15-7-6-14(19)11-20-15;1-12(17(19)20-2)22-16-7-3-13(4-8-16)11-21-15-9-5-14(18)6-10-15;1-3-21-16(20)10(2)22-15-7-4-11(8-14(15)19)13-6-5-12(17)9-18-13/h5-8,10-12,21H,3-4,9H2,1-2H3;3-10,12H,11H2,1-2H3;4-10,19H,3H2,1-2H3. The van der Waals surface area contributed by atoms with E-state index in [1.807, 2.05) is 55.5 Å². The molecule has 0 amide bonds. The van der Waals surface area contributed by atoms with Gasteiger partial charge in [-0.05, 0) is 175 Å². The van der Waals surface area contributed by atoms with Crippen LogP contribution < -0.4 is 18.9 Å². The van der Waals surface area contributed by atoms with Crippen LogP contribution in [0.4, 0.5) is 0 Å². The van der Waals surface area contributed by atoms with Gasteiger partial charge < -0.3 is 43.4 Å². The fourth-order valence-corrected chi connectivity index (χ4v) is 6.28. The van der Waals surface area contributed by atoms with Crippen molar-refractivity contribution in [3.63, 3.8) is 0 Å². The summed E-state index contributed by atoms with van der Waals surface area (Å²) in [5, 5.41) is 20.9. The molecule has 0 aliphatic heterocycles. The molecule has 0 saturated heterocycles. The second kappa shape index (κ2) is 28.3. The highest BCUT2D eigenvalue weighted by molar-refractivity contribution is 14.1. The first-order valence-electron chi connectivity index (χ1n) is 21.4. The Kier molecular flexibility index (Phi) is 22.7. The molecule has 360 valence electrons. The van der Waals surface area contributed by atoms with Crippen molar-refractivity contribution in [3.8, 4) is 57.0 Å². The number of aromatic nitrogens is 2. The molecule has 0 bridgehead atoms. The number of rotatable bonds is 18. The van der Waals surface area contributed by atoms with Gasteiger partial charge in [-0.25, -0.2) is 14.4 Å². The van der Waals surface area contributed by atoms with E-state index in [0.717, 1.165) is 54.7 Å². The lowest BCUT2D eigenvalue weighted by Gasteiger charge is -2.15. The van der Waals surface area contributed by atoms with Crippen LogP contribution in [0.5, 0.6) is 34.5 Å². The van der Waals surface area contributed by atoms with E-state index in [9.17, 15) is 24.6 Å². The highest BCUT2D eigenvalue weighted by atomic mass is 127. The highest BCUT2D eigenvalue weighted by Crippen LogP contribution is 2.33. The van der Waals surface area contributed by atoms with E-state index in [1.54, 1.807) is 101 Å². The predicted molar refractivity (Wildman–Crippen MR) is 270 cm³/mol. The van der Waals surface area contributed by atoms with E-state index >= 15 is 0 Å². The number of esters is 3. The van der Waals surface area contributed by atoms with Crippen molar-refractivity contribution in [2.75, 3.05) is 20.3 Å². The number of hydrogen-bond acceptors (Lipinski definition) is 14. The van der Waals surface area contributed by atoms with Gasteiger partial charge in [0.2, 0.25) is 0 Å². The van der Waals surface area contributed by atoms with Gasteiger partial charge in [0.25, 0.3) is 0 Å². The van der Waals surface area contributed by atoms with Gasteiger partial charge in [-0.15, -0.1) is 0 Å². The Bertz CT molecular complexity index is 2520. The van der Waals surface area contributed by atoms with Gasteiger partial charge in [0.1, 0.15) is 18.1 Å². The summed E-state index contributed by atoms with van der Waals surface area (Å²) in [6.45, 7) is 9.67. The van der Waals surface area contributed by atoms with Crippen molar-refractivity contribution < 1.29 is 57.8 Å². The van der Waals surface area contributed by atoms with Crippen LogP contribution in [-0.2, 0) is 35.2 Å². The van der Waals surface area contributed by atoms with Gasteiger partial charge in [0, 0.05) is 36.6 Å². The third kappa shape index (κ3) is 18.2. The van der Waals surface area contributed by atoms with Crippen molar-refractivity contribution in [1.29, 1.82) is 0 Å². The number of carbonyl (C=O) groups excluding carboxylic acids is 3. The van der Waals surface area contributed by atoms with Crippen LogP contribution in [0, 0.1) is 3.57 Å². The maximum Gasteiger partial charge on any atom is 0.347 e. The van der Waals surface area contributed by atoms with Crippen LogP contribution in [0.1, 0.15) is 53.0 Å². The maximum absolute atomic E-state index is 11.8. The minimum atomic E-state index is -0.789. The number of phenols is 2. The number of hydrogen-bond donors (Lipinski definition) is 2. The van der Waals surface area contributed by atoms with Gasteiger partial charge in [-0.3, -0.25) is 9.97 Å². The molecule has 2 N–H and O–H groups in total. The van der Waals surface area contributed by atoms with E-state index < -0.39 is 36.2 Å². The summed E-state index contributed by atoms with van der Waals surface area (Å²) in [5.41, 5.74) is 4.00. The molecule has 2 aromatic heterocycles. The third-order valence-corrected chi connectivity index (χ3v) is 10.6. The summed E-state index contributed by atoms with van der Waals surface area (Å²) in [4.78, 5) is 43.2. The predicted octanol–water partition coefficient (Wildman–Crippen LogP) is 11.6. The molecule has 6 rings (SSSR count). The monoisotopic (exact) mass is 1130 g/mol. The summed E-state index contributed by atoms with van der Waals surface area (Å²) in [6, 6.07) is 32.0. The molecule has 3 unspecified atom stereocenters. The molecule has 0 saturated carbocycles. The Labute approximate surface area is 423 Å². The molecule has 14 nitrogen and oxygen atoms in total. The first-order chi connectivity index (χ1) is 32.6. The van der Waals surface area contributed by atoms with Gasteiger partial charge in [0.05, 0.1) is 31.7 Å². The van der Waals surface area contributed by atoms with Crippen LogP contribution in [-0.4, -0.2) is 76.7 Å². The second-order valence-corrected chi connectivity index (χ2v) is 17.1. The topological polar surface area (TPSA) is 182 Å². The van der Waals surface area contributed by atoms with Crippen LogP contribution in [0.3, 0.4) is 0 Å².